The van der Waals surface area contributed by atoms with Crippen LogP contribution in [0.3, 0.4) is 0 Å². The fraction of sp³-hybridized carbons (Fsp3) is 0.0952. The molecule has 1 nitrogen and oxygen atoms in total. The topological polar surface area (TPSA) is 12.9 Å². The van der Waals surface area contributed by atoms with Gasteiger partial charge >= 0.3 is 0 Å². The van der Waals surface area contributed by atoms with Crippen molar-refractivity contribution in [2.24, 2.45) is 0 Å². The van der Waals surface area contributed by atoms with Crippen LogP contribution in [-0.4, -0.2) is 4.98 Å². The van der Waals surface area contributed by atoms with Crippen LogP contribution in [0.25, 0.3) is 32.9 Å². The Balaban J connectivity index is 2.13. The van der Waals surface area contributed by atoms with E-state index in [2.05, 4.69) is 80.6 Å². The second-order valence-corrected chi connectivity index (χ2v) is 5.89. The lowest BCUT2D eigenvalue weighted by atomic mass is 9.99. The van der Waals surface area contributed by atoms with Crippen molar-refractivity contribution in [3.8, 4) is 11.3 Å². The molecule has 0 radical (unpaired) electrons. The molecular weight excluding hydrogens is 266 g/mol. The first kappa shape index (κ1) is 13.0. The van der Waals surface area contributed by atoms with Crippen molar-refractivity contribution >= 4 is 21.7 Å². The number of nitrogens with zero attached hydrogens (tertiary/aromatic N) is 1. The molecule has 4 rings (SSSR count). The predicted molar refractivity (Wildman–Crippen MR) is 94.2 cm³/mol. The molecule has 0 N–H and O–H groups in total. The zero-order valence-electron chi connectivity index (χ0n) is 12.8. The third-order valence-electron chi connectivity index (χ3n) is 4.18. The molecule has 0 spiro atoms. The number of hydrogen-bond acceptors (Lipinski definition) is 1. The van der Waals surface area contributed by atoms with E-state index in [9.17, 15) is 0 Å². The first-order chi connectivity index (χ1) is 10.7. The van der Waals surface area contributed by atoms with Crippen LogP contribution < -0.4 is 0 Å². The first-order valence-electron chi connectivity index (χ1n) is 7.58. The van der Waals surface area contributed by atoms with Gasteiger partial charge in [-0.1, -0.05) is 65.7 Å². The molecule has 3 aromatic carbocycles. The van der Waals surface area contributed by atoms with Crippen molar-refractivity contribution in [3.05, 3.63) is 77.9 Å². The van der Waals surface area contributed by atoms with Gasteiger partial charge in [-0.15, -0.1) is 0 Å². The molecule has 0 unspecified atom stereocenters. The third-order valence-corrected chi connectivity index (χ3v) is 4.18. The summed E-state index contributed by atoms with van der Waals surface area (Å²) in [5.74, 6) is 0. The largest absolute Gasteiger partial charge is 0.247 e. The molecule has 1 heterocycles. The minimum Gasteiger partial charge on any atom is -0.247 e. The number of pyridine rings is 1. The Morgan fingerprint density at radius 1 is 0.636 bits per heavy atom. The van der Waals surface area contributed by atoms with E-state index in [4.69, 9.17) is 4.98 Å². The molecule has 0 bridgehead atoms. The summed E-state index contributed by atoms with van der Waals surface area (Å²) in [5, 5.41) is 3.71. The van der Waals surface area contributed by atoms with Crippen molar-refractivity contribution in [2.75, 3.05) is 0 Å². The molecule has 106 valence electrons. The first-order valence-corrected chi connectivity index (χ1v) is 7.58. The zero-order chi connectivity index (χ0) is 15.1. The molecule has 0 aliphatic rings. The molecule has 1 heteroatoms. The summed E-state index contributed by atoms with van der Waals surface area (Å²) >= 11 is 0. The van der Waals surface area contributed by atoms with Crippen molar-refractivity contribution in [3.63, 3.8) is 0 Å². The highest BCUT2D eigenvalue weighted by molar-refractivity contribution is 6.10. The van der Waals surface area contributed by atoms with E-state index >= 15 is 0 Å². The summed E-state index contributed by atoms with van der Waals surface area (Å²) in [7, 11) is 0. The fourth-order valence-corrected chi connectivity index (χ4v) is 3.00. The van der Waals surface area contributed by atoms with Crippen LogP contribution in [0, 0.1) is 13.8 Å². The number of aryl methyl sites for hydroxylation is 2. The van der Waals surface area contributed by atoms with Crippen molar-refractivity contribution in [1.82, 2.24) is 4.98 Å². The molecule has 0 saturated carbocycles. The van der Waals surface area contributed by atoms with E-state index in [0.29, 0.717) is 0 Å². The van der Waals surface area contributed by atoms with Gasteiger partial charge in [0.05, 0.1) is 11.2 Å². The quantitative estimate of drug-likeness (QED) is 0.410. The van der Waals surface area contributed by atoms with Gasteiger partial charge in [0.25, 0.3) is 0 Å². The van der Waals surface area contributed by atoms with Crippen molar-refractivity contribution < 1.29 is 0 Å². The molecular formula is C21H17N. The fourth-order valence-electron chi connectivity index (χ4n) is 3.00. The van der Waals surface area contributed by atoms with E-state index < -0.39 is 0 Å². The lowest BCUT2D eigenvalue weighted by Gasteiger charge is -2.10. The zero-order valence-corrected chi connectivity index (χ0v) is 12.8. The van der Waals surface area contributed by atoms with Crippen LogP contribution in [0.1, 0.15) is 11.1 Å². The van der Waals surface area contributed by atoms with Gasteiger partial charge in [0.15, 0.2) is 0 Å². The third kappa shape index (κ3) is 2.06. The molecule has 0 saturated heterocycles. The van der Waals surface area contributed by atoms with Crippen LogP contribution in [0.5, 0.6) is 0 Å². The van der Waals surface area contributed by atoms with Crippen LogP contribution in [0.2, 0.25) is 0 Å². The maximum Gasteiger partial charge on any atom is 0.0788 e. The van der Waals surface area contributed by atoms with Gasteiger partial charge in [0.2, 0.25) is 0 Å². The molecule has 0 atom stereocenters. The van der Waals surface area contributed by atoms with Crippen LogP contribution in [0.4, 0.5) is 0 Å². The molecule has 22 heavy (non-hydrogen) atoms. The summed E-state index contributed by atoms with van der Waals surface area (Å²) < 4.78 is 0. The summed E-state index contributed by atoms with van der Waals surface area (Å²) in [6.45, 7) is 4.24. The number of fused-ring (bicyclic) bond motifs is 3. The average molecular weight is 283 g/mol. The van der Waals surface area contributed by atoms with E-state index in [0.717, 1.165) is 11.2 Å². The lowest BCUT2D eigenvalue weighted by molar-refractivity contribution is 1.40. The van der Waals surface area contributed by atoms with Gasteiger partial charge < -0.3 is 0 Å². The Bertz CT molecular complexity index is 982. The Kier molecular flexibility index (Phi) is 2.93. The lowest BCUT2D eigenvalue weighted by Crippen LogP contribution is -1.90. The van der Waals surface area contributed by atoms with Crippen molar-refractivity contribution in [2.45, 2.75) is 13.8 Å². The minimum atomic E-state index is 1.06. The molecule has 0 aliphatic carbocycles. The normalized spacial score (nSPS) is 11.2. The van der Waals surface area contributed by atoms with E-state index in [-0.39, 0.29) is 0 Å². The highest BCUT2D eigenvalue weighted by Gasteiger charge is 2.09. The Hall–Kier alpha value is -2.67. The molecule has 0 amide bonds. The van der Waals surface area contributed by atoms with E-state index in [1.807, 2.05) is 0 Å². The Labute approximate surface area is 130 Å². The summed E-state index contributed by atoms with van der Waals surface area (Å²) in [6.07, 6.45) is 0. The summed E-state index contributed by atoms with van der Waals surface area (Å²) in [4.78, 5) is 4.94. The van der Waals surface area contributed by atoms with Crippen LogP contribution >= 0.6 is 0 Å². The van der Waals surface area contributed by atoms with E-state index in [1.165, 1.54) is 32.8 Å². The minimum absolute atomic E-state index is 1.06. The second-order valence-electron chi connectivity index (χ2n) is 5.89. The molecule has 1 aromatic heterocycles. The maximum absolute atomic E-state index is 4.94. The molecule has 4 aromatic rings. The highest BCUT2D eigenvalue weighted by Crippen LogP contribution is 2.32. The number of rotatable bonds is 1. The van der Waals surface area contributed by atoms with Gasteiger partial charge in [-0.3, -0.25) is 0 Å². The molecule has 0 aliphatic heterocycles. The van der Waals surface area contributed by atoms with E-state index in [1.54, 1.807) is 0 Å². The number of benzene rings is 3. The smallest absolute Gasteiger partial charge is 0.0788 e. The predicted octanol–water partition coefficient (Wildman–Crippen LogP) is 5.67. The SMILES string of the molecule is Cc1ccc(-c2nc3ccc(C)cc3c3ccccc23)cc1. The Morgan fingerprint density at radius 3 is 2.09 bits per heavy atom. The molecule has 0 fully saturated rings. The van der Waals surface area contributed by atoms with Crippen LogP contribution in [-0.2, 0) is 0 Å². The van der Waals surface area contributed by atoms with Crippen molar-refractivity contribution in [1.29, 1.82) is 0 Å². The Morgan fingerprint density at radius 2 is 1.32 bits per heavy atom. The van der Waals surface area contributed by atoms with Gasteiger partial charge in [0, 0.05) is 16.3 Å². The second kappa shape index (κ2) is 4.96. The maximum atomic E-state index is 4.94. The van der Waals surface area contributed by atoms with Gasteiger partial charge in [0.1, 0.15) is 0 Å². The summed E-state index contributed by atoms with van der Waals surface area (Å²) in [5.41, 5.74) is 5.82. The van der Waals surface area contributed by atoms with Gasteiger partial charge in [-0.05, 0) is 31.4 Å². The highest BCUT2D eigenvalue weighted by atomic mass is 14.7. The van der Waals surface area contributed by atoms with Gasteiger partial charge in [-0.25, -0.2) is 4.98 Å². The average Bonchev–Trinajstić information content (AvgIpc) is 2.55. The van der Waals surface area contributed by atoms with Gasteiger partial charge in [-0.2, -0.15) is 0 Å². The number of aromatic nitrogens is 1. The standard InChI is InChI=1S/C21H17N/c1-14-7-10-16(11-8-14)21-18-6-4-3-5-17(18)19-13-15(2)9-12-20(19)22-21/h3-13H,1-2H3. The number of hydrogen-bond donors (Lipinski definition) is 0. The monoisotopic (exact) mass is 283 g/mol. The summed E-state index contributed by atoms with van der Waals surface area (Å²) in [6, 6.07) is 23.6. The van der Waals surface area contributed by atoms with Crippen LogP contribution in [0.15, 0.2) is 66.7 Å².